The number of nitrogens with one attached hydrogen (secondary N) is 1. The van der Waals surface area contributed by atoms with Gasteiger partial charge in [0.25, 0.3) is 0 Å². The van der Waals surface area contributed by atoms with Crippen LogP contribution in [-0.4, -0.2) is 58.6 Å². The van der Waals surface area contributed by atoms with Crippen LogP contribution in [0.1, 0.15) is 6.42 Å². The van der Waals surface area contributed by atoms with E-state index in [2.05, 4.69) is 25.2 Å². The summed E-state index contributed by atoms with van der Waals surface area (Å²) < 4.78 is 18.7. The van der Waals surface area contributed by atoms with Gasteiger partial charge in [-0.15, -0.1) is 0 Å². The number of carbonyl (C=O) groups excluding carboxylic acids is 1. The van der Waals surface area contributed by atoms with Gasteiger partial charge in [0.1, 0.15) is 11.6 Å². The smallest absolute Gasteiger partial charge is 0.226 e. The minimum Gasteiger partial charge on any atom is -0.379 e. The molecule has 0 atom stereocenters. The number of anilines is 1. The minimum atomic E-state index is -0.402. The largest absolute Gasteiger partial charge is 0.379 e. The van der Waals surface area contributed by atoms with Crippen molar-refractivity contribution in [1.29, 1.82) is 0 Å². The van der Waals surface area contributed by atoms with Crippen molar-refractivity contribution < 1.29 is 13.9 Å². The van der Waals surface area contributed by atoms with Gasteiger partial charge < -0.3 is 10.1 Å². The van der Waals surface area contributed by atoms with Crippen molar-refractivity contribution in [1.82, 2.24) is 19.9 Å². The molecule has 144 valence electrons. The molecule has 3 aromatic heterocycles. The SMILES string of the molecule is O=C(CCN1CCOCC1)Nc1cc2cc(-c3cncc(F)c3)cnc2cn1. The van der Waals surface area contributed by atoms with E-state index in [-0.39, 0.29) is 5.91 Å². The predicted molar refractivity (Wildman–Crippen MR) is 103 cm³/mol. The summed E-state index contributed by atoms with van der Waals surface area (Å²) in [6.45, 7) is 3.82. The van der Waals surface area contributed by atoms with E-state index in [9.17, 15) is 9.18 Å². The summed E-state index contributed by atoms with van der Waals surface area (Å²) in [4.78, 5) is 26.9. The molecule has 7 nitrogen and oxygen atoms in total. The number of carbonyl (C=O) groups is 1. The van der Waals surface area contributed by atoms with Crippen LogP contribution in [0.3, 0.4) is 0 Å². The zero-order valence-electron chi connectivity index (χ0n) is 15.3. The summed E-state index contributed by atoms with van der Waals surface area (Å²) in [5.41, 5.74) is 2.08. The van der Waals surface area contributed by atoms with E-state index < -0.39 is 5.82 Å². The molecule has 28 heavy (non-hydrogen) atoms. The Hall–Kier alpha value is -2.97. The number of aromatic nitrogens is 3. The number of fused-ring (bicyclic) bond motifs is 1. The van der Waals surface area contributed by atoms with Crippen molar-refractivity contribution in [3.8, 4) is 11.1 Å². The van der Waals surface area contributed by atoms with E-state index >= 15 is 0 Å². The van der Waals surface area contributed by atoms with E-state index in [1.165, 1.54) is 6.07 Å². The van der Waals surface area contributed by atoms with E-state index in [0.717, 1.165) is 30.2 Å². The lowest BCUT2D eigenvalue weighted by atomic mass is 10.1. The molecule has 1 fully saturated rings. The van der Waals surface area contributed by atoms with Gasteiger partial charge in [-0.2, -0.15) is 0 Å². The molecule has 0 unspecified atom stereocenters. The van der Waals surface area contributed by atoms with Gasteiger partial charge in [-0.1, -0.05) is 0 Å². The first-order valence-electron chi connectivity index (χ1n) is 9.14. The molecular weight excluding hydrogens is 361 g/mol. The third kappa shape index (κ3) is 4.47. The molecule has 1 amide bonds. The van der Waals surface area contributed by atoms with Crippen LogP contribution >= 0.6 is 0 Å². The Morgan fingerprint density at radius 1 is 1.07 bits per heavy atom. The second-order valence-electron chi connectivity index (χ2n) is 6.63. The second kappa shape index (κ2) is 8.37. The van der Waals surface area contributed by atoms with Gasteiger partial charge in [-0.25, -0.2) is 9.37 Å². The van der Waals surface area contributed by atoms with Gasteiger partial charge in [0.2, 0.25) is 5.91 Å². The van der Waals surface area contributed by atoms with Crippen LogP contribution in [0.25, 0.3) is 22.0 Å². The Labute approximate surface area is 161 Å². The first-order valence-corrected chi connectivity index (χ1v) is 9.14. The lowest BCUT2D eigenvalue weighted by Crippen LogP contribution is -2.38. The topological polar surface area (TPSA) is 80.2 Å². The first kappa shape index (κ1) is 18.4. The van der Waals surface area contributed by atoms with Crippen molar-refractivity contribution in [2.45, 2.75) is 6.42 Å². The maximum absolute atomic E-state index is 13.4. The molecule has 1 saturated heterocycles. The summed E-state index contributed by atoms with van der Waals surface area (Å²) in [5.74, 6) is -0.0203. The fraction of sp³-hybridized carbons (Fsp3) is 0.300. The van der Waals surface area contributed by atoms with Crippen molar-refractivity contribution in [2.75, 3.05) is 38.2 Å². The Morgan fingerprint density at radius 3 is 2.71 bits per heavy atom. The molecule has 0 saturated carbocycles. The van der Waals surface area contributed by atoms with Gasteiger partial charge >= 0.3 is 0 Å². The highest BCUT2D eigenvalue weighted by Gasteiger charge is 2.12. The number of nitrogens with zero attached hydrogens (tertiary/aromatic N) is 4. The van der Waals surface area contributed by atoms with Crippen molar-refractivity contribution >= 4 is 22.6 Å². The van der Waals surface area contributed by atoms with Crippen LogP contribution in [0.15, 0.2) is 43.0 Å². The summed E-state index contributed by atoms with van der Waals surface area (Å²) in [6, 6.07) is 5.06. The second-order valence-corrected chi connectivity index (χ2v) is 6.63. The van der Waals surface area contributed by atoms with Gasteiger partial charge in [0.05, 0.1) is 31.1 Å². The predicted octanol–water partition coefficient (Wildman–Crippen LogP) is 2.49. The third-order valence-electron chi connectivity index (χ3n) is 4.63. The lowest BCUT2D eigenvalue weighted by molar-refractivity contribution is -0.116. The number of hydrogen-bond acceptors (Lipinski definition) is 6. The van der Waals surface area contributed by atoms with E-state index in [1.807, 2.05) is 6.07 Å². The van der Waals surface area contributed by atoms with Crippen molar-refractivity contribution in [3.05, 3.63) is 48.8 Å². The average Bonchev–Trinajstić information content (AvgIpc) is 2.72. The fourth-order valence-electron chi connectivity index (χ4n) is 3.12. The monoisotopic (exact) mass is 381 g/mol. The highest BCUT2D eigenvalue weighted by molar-refractivity contribution is 5.92. The average molecular weight is 381 g/mol. The number of ether oxygens (including phenoxy) is 1. The molecule has 1 aliphatic heterocycles. The standard InChI is InChI=1S/C20H20FN5O2/c21-17-8-16(10-22-12-17)15-7-14-9-19(24-13-18(14)23-11-15)25-20(27)1-2-26-3-5-28-6-4-26/h7-13H,1-6H2,(H,24,25,27). The molecule has 0 bridgehead atoms. The van der Waals surface area contributed by atoms with Gasteiger partial charge in [0, 0.05) is 55.0 Å². The third-order valence-corrected chi connectivity index (χ3v) is 4.63. The molecule has 0 spiro atoms. The summed E-state index contributed by atoms with van der Waals surface area (Å²) >= 11 is 0. The molecule has 0 aliphatic carbocycles. The van der Waals surface area contributed by atoms with Crippen LogP contribution in [0.2, 0.25) is 0 Å². The molecule has 1 N–H and O–H groups in total. The number of morpholine rings is 1. The van der Waals surface area contributed by atoms with Crippen LogP contribution in [0.4, 0.5) is 10.2 Å². The first-order chi connectivity index (χ1) is 13.7. The Morgan fingerprint density at radius 2 is 1.89 bits per heavy atom. The quantitative estimate of drug-likeness (QED) is 0.731. The molecule has 0 radical (unpaired) electrons. The highest BCUT2D eigenvalue weighted by atomic mass is 19.1. The molecule has 4 heterocycles. The molecule has 3 aromatic rings. The molecule has 4 rings (SSSR count). The number of pyridine rings is 3. The summed E-state index contributed by atoms with van der Waals surface area (Å²) in [7, 11) is 0. The van der Waals surface area contributed by atoms with Gasteiger partial charge in [-0.3, -0.25) is 19.7 Å². The van der Waals surface area contributed by atoms with Crippen LogP contribution in [-0.2, 0) is 9.53 Å². The normalized spacial score (nSPS) is 14.9. The molecule has 0 aromatic carbocycles. The lowest BCUT2D eigenvalue weighted by Gasteiger charge is -2.26. The fourth-order valence-corrected chi connectivity index (χ4v) is 3.12. The van der Waals surface area contributed by atoms with E-state index in [0.29, 0.717) is 43.1 Å². The van der Waals surface area contributed by atoms with E-state index in [1.54, 1.807) is 24.7 Å². The van der Waals surface area contributed by atoms with Gasteiger partial charge in [0.15, 0.2) is 0 Å². The summed E-state index contributed by atoms with van der Waals surface area (Å²) in [5, 5.41) is 3.64. The van der Waals surface area contributed by atoms with Crippen molar-refractivity contribution in [2.24, 2.45) is 0 Å². The summed E-state index contributed by atoms with van der Waals surface area (Å²) in [6.07, 6.45) is 6.41. The van der Waals surface area contributed by atoms with Crippen LogP contribution in [0, 0.1) is 5.82 Å². The Bertz CT molecular complexity index is 991. The minimum absolute atomic E-state index is 0.0863. The van der Waals surface area contributed by atoms with Crippen molar-refractivity contribution in [3.63, 3.8) is 0 Å². The highest BCUT2D eigenvalue weighted by Crippen LogP contribution is 2.23. The number of rotatable bonds is 5. The molecule has 8 heteroatoms. The molecule has 1 aliphatic rings. The zero-order chi connectivity index (χ0) is 19.3. The Kier molecular flexibility index (Phi) is 5.50. The number of amides is 1. The van der Waals surface area contributed by atoms with Crippen LogP contribution in [0.5, 0.6) is 0 Å². The number of hydrogen-bond donors (Lipinski definition) is 1. The zero-order valence-corrected chi connectivity index (χ0v) is 15.3. The van der Waals surface area contributed by atoms with E-state index in [4.69, 9.17) is 4.74 Å². The Balaban J connectivity index is 1.46. The van der Waals surface area contributed by atoms with Gasteiger partial charge in [-0.05, 0) is 18.2 Å². The molecular formula is C20H20FN5O2. The number of halogens is 1. The maximum atomic E-state index is 13.4. The maximum Gasteiger partial charge on any atom is 0.226 e. The van der Waals surface area contributed by atoms with Crippen LogP contribution < -0.4 is 5.32 Å².